The maximum Gasteiger partial charge on any atom is 0.222 e. The average Bonchev–Trinajstić information content (AvgIpc) is 2.60. The highest BCUT2D eigenvalue weighted by atomic mass is 19.1. The molecular formula is C19H22FNO3. The number of halogens is 1. The molecule has 0 N–H and O–H groups in total. The third-order valence-corrected chi connectivity index (χ3v) is 3.70. The van der Waals surface area contributed by atoms with Crippen LogP contribution in [0.2, 0.25) is 0 Å². The van der Waals surface area contributed by atoms with Gasteiger partial charge in [0.1, 0.15) is 23.9 Å². The monoisotopic (exact) mass is 331 g/mol. The third kappa shape index (κ3) is 5.57. The summed E-state index contributed by atoms with van der Waals surface area (Å²) in [5, 5.41) is 0. The van der Waals surface area contributed by atoms with Crippen LogP contribution in [-0.2, 0) is 11.2 Å². The van der Waals surface area contributed by atoms with Crippen molar-refractivity contribution in [2.75, 3.05) is 27.3 Å². The first-order valence-electron chi connectivity index (χ1n) is 7.84. The van der Waals surface area contributed by atoms with Crippen LogP contribution in [0.4, 0.5) is 4.39 Å². The van der Waals surface area contributed by atoms with E-state index in [1.807, 2.05) is 30.3 Å². The zero-order valence-electron chi connectivity index (χ0n) is 14.0. The van der Waals surface area contributed by atoms with Crippen LogP contribution in [0, 0.1) is 5.82 Å². The van der Waals surface area contributed by atoms with Crippen LogP contribution in [-0.4, -0.2) is 38.1 Å². The van der Waals surface area contributed by atoms with E-state index in [1.165, 1.54) is 12.1 Å². The first kappa shape index (κ1) is 17.8. The fourth-order valence-corrected chi connectivity index (χ4v) is 2.23. The summed E-state index contributed by atoms with van der Waals surface area (Å²) >= 11 is 0. The predicted octanol–water partition coefficient (Wildman–Crippen LogP) is 3.30. The van der Waals surface area contributed by atoms with Gasteiger partial charge >= 0.3 is 0 Å². The van der Waals surface area contributed by atoms with Crippen LogP contribution in [0.5, 0.6) is 11.5 Å². The third-order valence-electron chi connectivity index (χ3n) is 3.70. The second-order valence-electron chi connectivity index (χ2n) is 5.47. The number of hydrogen-bond acceptors (Lipinski definition) is 3. The van der Waals surface area contributed by atoms with Gasteiger partial charge in [-0.25, -0.2) is 4.39 Å². The van der Waals surface area contributed by atoms with E-state index in [9.17, 15) is 9.18 Å². The van der Waals surface area contributed by atoms with Gasteiger partial charge in [-0.1, -0.05) is 12.1 Å². The standard InChI is InChI=1S/C19H22FNO3/c1-21(12-13-24-18-9-7-17(23-2)8-10-18)19(22)11-6-15-4-3-5-16(20)14-15/h3-5,7-10,14H,6,11-13H2,1-2H3. The highest BCUT2D eigenvalue weighted by Gasteiger charge is 2.09. The molecule has 24 heavy (non-hydrogen) atoms. The quantitative estimate of drug-likeness (QED) is 0.745. The number of aryl methyl sites for hydroxylation is 1. The zero-order chi connectivity index (χ0) is 17.4. The summed E-state index contributed by atoms with van der Waals surface area (Å²) in [7, 11) is 3.35. The topological polar surface area (TPSA) is 38.8 Å². The summed E-state index contributed by atoms with van der Waals surface area (Å²) in [4.78, 5) is 13.7. The van der Waals surface area contributed by atoms with E-state index in [-0.39, 0.29) is 11.7 Å². The number of methoxy groups -OCH3 is 1. The van der Waals surface area contributed by atoms with Crippen LogP contribution in [0.15, 0.2) is 48.5 Å². The largest absolute Gasteiger partial charge is 0.497 e. The number of carbonyl (C=O) groups excluding carboxylic acids is 1. The first-order chi connectivity index (χ1) is 11.6. The summed E-state index contributed by atoms with van der Waals surface area (Å²) < 4.78 is 23.8. The lowest BCUT2D eigenvalue weighted by Crippen LogP contribution is -2.31. The van der Waals surface area contributed by atoms with E-state index in [1.54, 1.807) is 25.1 Å². The fraction of sp³-hybridized carbons (Fsp3) is 0.316. The minimum absolute atomic E-state index is 0.0117. The van der Waals surface area contributed by atoms with Gasteiger partial charge in [0.15, 0.2) is 0 Å². The number of hydrogen-bond donors (Lipinski definition) is 0. The molecule has 0 unspecified atom stereocenters. The Morgan fingerprint density at radius 2 is 1.83 bits per heavy atom. The maximum absolute atomic E-state index is 13.1. The number of carbonyl (C=O) groups is 1. The Balaban J connectivity index is 1.71. The molecule has 0 aliphatic rings. The van der Waals surface area contributed by atoms with Crippen LogP contribution < -0.4 is 9.47 Å². The molecule has 0 aromatic heterocycles. The van der Waals surface area contributed by atoms with Crippen molar-refractivity contribution in [1.82, 2.24) is 4.90 Å². The first-order valence-corrected chi connectivity index (χ1v) is 7.84. The Labute approximate surface area is 141 Å². The van der Waals surface area contributed by atoms with Crippen molar-refractivity contribution in [2.45, 2.75) is 12.8 Å². The smallest absolute Gasteiger partial charge is 0.222 e. The van der Waals surface area contributed by atoms with Gasteiger partial charge in [0.05, 0.1) is 13.7 Å². The molecule has 0 atom stereocenters. The second kappa shape index (κ2) is 8.91. The van der Waals surface area contributed by atoms with Crippen LogP contribution in [0.3, 0.4) is 0 Å². The molecule has 128 valence electrons. The van der Waals surface area contributed by atoms with Crippen molar-refractivity contribution in [3.05, 3.63) is 59.9 Å². The molecule has 0 bridgehead atoms. The molecular weight excluding hydrogens is 309 g/mol. The number of ether oxygens (including phenoxy) is 2. The van der Waals surface area contributed by atoms with Gasteiger partial charge in [0, 0.05) is 13.5 Å². The molecule has 0 aliphatic carbocycles. The fourth-order valence-electron chi connectivity index (χ4n) is 2.23. The Bertz CT molecular complexity index is 658. The molecule has 0 aliphatic heterocycles. The minimum Gasteiger partial charge on any atom is -0.497 e. The molecule has 0 saturated heterocycles. The lowest BCUT2D eigenvalue weighted by atomic mass is 10.1. The molecule has 4 nitrogen and oxygen atoms in total. The number of rotatable bonds is 8. The van der Waals surface area contributed by atoms with Crippen LogP contribution in [0.25, 0.3) is 0 Å². The van der Waals surface area contributed by atoms with E-state index in [4.69, 9.17) is 9.47 Å². The lowest BCUT2D eigenvalue weighted by Gasteiger charge is -2.17. The normalized spacial score (nSPS) is 10.3. The van der Waals surface area contributed by atoms with Crippen molar-refractivity contribution in [1.29, 1.82) is 0 Å². The second-order valence-corrected chi connectivity index (χ2v) is 5.47. The Morgan fingerprint density at radius 3 is 2.50 bits per heavy atom. The summed E-state index contributed by atoms with van der Waals surface area (Å²) in [5.74, 6) is 1.24. The van der Waals surface area contributed by atoms with E-state index >= 15 is 0 Å². The lowest BCUT2D eigenvalue weighted by molar-refractivity contribution is -0.130. The molecule has 0 saturated carbocycles. The molecule has 2 aromatic carbocycles. The van der Waals surface area contributed by atoms with Gasteiger partial charge in [-0.05, 0) is 48.4 Å². The molecule has 0 heterocycles. The van der Waals surface area contributed by atoms with Gasteiger partial charge in [-0.15, -0.1) is 0 Å². The summed E-state index contributed by atoms with van der Waals surface area (Å²) in [5.41, 5.74) is 0.825. The summed E-state index contributed by atoms with van der Waals surface area (Å²) in [6, 6.07) is 13.6. The summed E-state index contributed by atoms with van der Waals surface area (Å²) in [6.45, 7) is 0.905. The Morgan fingerprint density at radius 1 is 1.12 bits per heavy atom. The Kier molecular flexibility index (Phi) is 6.61. The van der Waals surface area contributed by atoms with Gasteiger partial charge < -0.3 is 14.4 Å². The molecule has 5 heteroatoms. The summed E-state index contributed by atoms with van der Waals surface area (Å²) in [6.07, 6.45) is 0.878. The van der Waals surface area contributed by atoms with E-state index in [0.29, 0.717) is 26.0 Å². The van der Waals surface area contributed by atoms with E-state index in [0.717, 1.165) is 17.1 Å². The Hall–Kier alpha value is -2.56. The maximum atomic E-state index is 13.1. The number of amides is 1. The van der Waals surface area contributed by atoms with E-state index in [2.05, 4.69) is 0 Å². The van der Waals surface area contributed by atoms with Crippen LogP contribution >= 0.6 is 0 Å². The molecule has 0 fully saturated rings. The molecule has 2 aromatic rings. The van der Waals surface area contributed by atoms with Gasteiger partial charge in [0.2, 0.25) is 5.91 Å². The van der Waals surface area contributed by atoms with Crippen molar-refractivity contribution in [3.8, 4) is 11.5 Å². The SMILES string of the molecule is COc1ccc(OCCN(C)C(=O)CCc2cccc(F)c2)cc1. The highest BCUT2D eigenvalue weighted by molar-refractivity contribution is 5.76. The minimum atomic E-state index is -0.277. The highest BCUT2D eigenvalue weighted by Crippen LogP contribution is 2.16. The van der Waals surface area contributed by atoms with Crippen LogP contribution in [0.1, 0.15) is 12.0 Å². The number of nitrogens with zero attached hydrogens (tertiary/aromatic N) is 1. The molecule has 2 rings (SSSR count). The average molecular weight is 331 g/mol. The predicted molar refractivity (Wildman–Crippen MR) is 90.8 cm³/mol. The molecule has 0 spiro atoms. The van der Waals surface area contributed by atoms with Gasteiger partial charge in [-0.2, -0.15) is 0 Å². The van der Waals surface area contributed by atoms with Crippen molar-refractivity contribution in [2.24, 2.45) is 0 Å². The zero-order valence-corrected chi connectivity index (χ0v) is 14.0. The van der Waals surface area contributed by atoms with Gasteiger partial charge in [0.25, 0.3) is 0 Å². The van der Waals surface area contributed by atoms with Crippen molar-refractivity contribution in [3.63, 3.8) is 0 Å². The van der Waals surface area contributed by atoms with Crippen molar-refractivity contribution < 1.29 is 18.7 Å². The molecule has 1 amide bonds. The number of benzene rings is 2. The molecule has 0 radical (unpaired) electrons. The number of likely N-dealkylation sites (N-methyl/N-ethyl adjacent to an activating group) is 1. The van der Waals surface area contributed by atoms with E-state index < -0.39 is 0 Å². The van der Waals surface area contributed by atoms with Gasteiger partial charge in [-0.3, -0.25) is 4.79 Å². The van der Waals surface area contributed by atoms with Crippen molar-refractivity contribution >= 4 is 5.91 Å².